The fourth-order valence-corrected chi connectivity index (χ4v) is 2.18. The molecule has 0 spiro atoms. The van der Waals surface area contributed by atoms with Crippen LogP contribution in [0.3, 0.4) is 0 Å². The van der Waals surface area contributed by atoms with E-state index in [-0.39, 0.29) is 0 Å². The first-order chi connectivity index (χ1) is 10.1. The van der Waals surface area contributed by atoms with Gasteiger partial charge in [0, 0.05) is 18.2 Å². The zero-order chi connectivity index (χ0) is 15.2. The van der Waals surface area contributed by atoms with Gasteiger partial charge in [-0.05, 0) is 30.0 Å². The van der Waals surface area contributed by atoms with Crippen LogP contribution in [0.2, 0.25) is 0 Å². The van der Waals surface area contributed by atoms with Crippen LogP contribution in [-0.2, 0) is 6.42 Å². The molecule has 0 N–H and O–H groups in total. The molecule has 0 aliphatic carbocycles. The van der Waals surface area contributed by atoms with Crippen molar-refractivity contribution >= 4 is 0 Å². The minimum atomic E-state index is 0.622. The lowest BCUT2D eigenvalue weighted by atomic mass is 10.0. The van der Waals surface area contributed by atoms with Gasteiger partial charge in [-0.25, -0.2) is 0 Å². The van der Waals surface area contributed by atoms with E-state index in [1.165, 1.54) is 5.56 Å². The van der Waals surface area contributed by atoms with Crippen LogP contribution in [-0.4, -0.2) is 14.2 Å². The third-order valence-corrected chi connectivity index (χ3v) is 3.10. The second kappa shape index (κ2) is 7.02. The van der Waals surface area contributed by atoms with E-state index in [0.29, 0.717) is 23.2 Å². The van der Waals surface area contributed by atoms with Crippen molar-refractivity contribution in [2.75, 3.05) is 14.2 Å². The van der Waals surface area contributed by atoms with Crippen LogP contribution < -0.4 is 14.2 Å². The van der Waals surface area contributed by atoms with Crippen LogP contribution in [0.4, 0.5) is 0 Å². The van der Waals surface area contributed by atoms with Gasteiger partial charge in [0.1, 0.15) is 23.0 Å². The van der Waals surface area contributed by atoms with Crippen LogP contribution in [0.1, 0.15) is 19.4 Å². The van der Waals surface area contributed by atoms with E-state index in [4.69, 9.17) is 14.2 Å². The van der Waals surface area contributed by atoms with E-state index in [1.54, 1.807) is 14.2 Å². The highest BCUT2D eigenvalue weighted by Crippen LogP contribution is 2.31. The number of hydrogen-bond donors (Lipinski definition) is 0. The summed E-state index contributed by atoms with van der Waals surface area (Å²) in [5.41, 5.74) is 1.28. The summed E-state index contributed by atoms with van der Waals surface area (Å²) in [4.78, 5) is 0. The largest absolute Gasteiger partial charge is 0.496 e. The van der Waals surface area contributed by atoms with Crippen molar-refractivity contribution < 1.29 is 14.2 Å². The van der Waals surface area contributed by atoms with E-state index >= 15 is 0 Å². The lowest BCUT2D eigenvalue weighted by Gasteiger charge is -2.11. The lowest BCUT2D eigenvalue weighted by molar-refractivity contribution is 0.386. The molecular formula is C18H22O3. The van der Waals surface area contributed by atoms with Crippen LogP contribution in [0.15, 0.2) is 42.5 Å². The van der Waals surface area contributed by atoms with Gasteiger partial charge in [0.2, 0.25) is 0 Å². The van der Waals surface area contributed by atoms with Crippen molar-refractivity contribution in [3.63, 3.8) is 0 Å². The highest BCUT2D eigenvalue weighted by atomic mass is 16.5. The SMILES string of the molecule is COc1cc(OC)cc(Oc2cccc(CC(C)C)c2)c1. The van der Waals surface area contributed by atoms with Gasteiger partial charge in [-0.3, -0.25) is 0 Å². The van der Waals surface area contributed by atoms with E-state index < -0.39 is 0 Å². The van der Waals surface area contributed by atoms with Crippen LogP contribution in [0.5, 0.6) is 23.0 Å². The molecule has 0 aliphatic heterocycles. The molecule has 2 aromatic carbocycles. The molecule has 3 heteroatoms. The molecule has 0 bridgehead atoms. The van der Waals surface area contributed by atoms with Gasteiger partial charge in [-0.2, -0.15) is 0 Å². The van der Waals surface area contributed by atoms with Crippen molar-refractivity contribution in [3.05, 3.63) is 48.0 Å². The van der Waals surface area contributed by atoms with Gasteiger partial charge in [-0.1, -0.05) is 26.0 Å². The Bertz CT molecular complexity index is 569. The minimum absolute atomic E-state index is 0.622. The summed E-state index contributed by atoms with van der Waals surface area (Å²) in [6.45, 7) is 4.42. The average molecular weight is 286 g/mol. The molecule has 0 atom stereocenters. The van der Waals surface area contributed by atoms with Gasteiger partial charge in [0.05, 0.1) is 14.2 Å². The molecule has 21 heavy (non-hydrogen) atoms. The molecule has 2 aromatic rings. The molecule has 112 valence electrons. The summed E-state index contributed by atoms with van der Waals surface area (Å²) < 4.78 is 16.4. The van der Waals surface area contributed by atoms with Gasteiger partial charge in [0.25, 0.3) is 0 Å². The molecule has 0 radical (unpaired) electrons. The summed E-state index contributed by atoms with van der Waals surface area (Å²) in [5, 5.41) is 0. The summed E-state index contributed by atoms with van der Waals surface area (Å²) in [5.74, 6) is 3.57. The van der Waals surface area contributed by atoms with E-state index in [1.807, 2.05) is 30.3 Å². The molecule has 0 aliphatic rings. The van der Waals surface area contributed by atoms with Crippen LogP contribution in [0.25, 0.3) is 0 Å². The molecule has 3 nitrogen and oxygen atoms in total. The predicted molar refractivity (Wildman–Crippen MR) is 84.6 cm³/mol. The molecule has 0 aromatic heterocycles. The smallest absolute Gasteiger partial charge is 0.134 e. The summed E-state index contributed by atoms with van der Waals surface area (Å²) in [6, 6.07) is 13.7. The second-order valence-corrected chi connectivity index (χ2v) is 5.40. The first kappa shape index (κ1) is 15.2. The molecule has 0 amide bonds. The van der Waals surface area contributed by atoms with E-state index in [0.717, 1.165) is 12.2 Å². The fraction of sp³-hybridized carbons (Fsp3) is 0.333. The van der Waals surface area contributed by atoms with Crippen molar-refractivity contribution in [2.45, 2.75) is 20.3 Å². The van der Waals surface area contributed by atoms with Crippen molar-refractivity contribution in [1.82, 2.24) is 0 Å². The Morgan fingerprint density at radius 1 is 0.810 bits per heavy atom. The van der Waals surface area contributed by atoms with Gasteiger partial charge >= 0.3 is 0 Å². The number of methoxy groups -OCH3 is 2. The summed E-state index contributed by atoms with van der Waals surface area (Å²) >= 11 is 0. The number of rotatable bonds is 6. The first-order valence-corrected chi connectivity index (χ1v) is 7.10. The molecule has 0 saturated heterocycles. The number of hydrogen-bond acceptors (Lipinski definition) is 3. The Kier molecular flexibility index (Phi) is 5.09. The van der Waals surface area contributed by atoms with Crippen molar-refractivity contribution in [3.8, 4) is 23.0 Å². The maximum atomic E-state index is 5.93. The molecule has 0 saturated carbocycles. The van der Waals surface area contributed by atoms with Gasteiger partial charge < -0.3 is 14.2 Å². The Balaban J connectivity index is 2.21. The molecule has 2 rings (SSSR count). The zero-order valence-corrected chi connectivity index (χ0v) is 13.1. The summed E-state index contributed by atoms with van der Waals surface area (Å²) in [7, 11) is 3.25. The van der Waals surface area contributed by atoms with E-state index in [9.17, 15) is 0 Å². The van der Waals surface area contributed by atoms with Crippen LogP contribution >= 0.6 is 0 Å². The van der Waals surface area contributed by atoms with Crippen LogP contribution in [0, 0.1) is 5.92 Å². The zero-order valence-electron chi connectivity index (χ0n) is 13.1. The standard InChI is InChI=1S/C18H22O3/c1-13(2)8-14-6-5-7-15(9-14)21-18-11-16(19-3)10-17(12-18)20-4/h5-7,9-13H,8H2,1-4H3. The molecule has 0 fully saturated rings. The third-order valence-electron chi connectivity index (χ3n) is 3.10. The fourth-order valence-electron chi connectivity index (χ4n) is 2.18. The monoisotopic (exact) mass is 286 g/mol. The maximum Gasteiger partial charge on any atom is 0.134 e. The second-order valence-electron chi connectivity index (χ2n) is 5.40. The Morgan fingerprint density at radius 3 is 2.00 bits per heavy atom. The Hall–Kier alpha value is -2.16. The van der Waals surface area contributed by atoms with Crippen molar-refractivity contribution in [1.29, 1.82) is 0 Å². The number of ether oxygens (including phenoxy) is 3. The summed E-state index contributed by atoms with van der Waals surface area (Å²) in [6.07, 6.45) is 1.04. The van der Waals surface area contributed by atoms with E-state index in [2.05, 4.69) is 26.0 Å². The normalized spacial score (nSPS) is 10.5. The highest BCUT2D eigenvalue weighted by Gasteiger charge is 2.05. The highest BCUT2D eigenvalue weighted by molar-refractivity contribution is 5.44. The first-order valence-electron chi connectivity index (χ1n) is 7.10. The average Bonchev–Trinajstić information content (AvgIpc) is 2.46. The van der Waals surface area contributed by atoms with Gasteiger partial charge in [0.15, 0.2) is 0 Å². The Morgan fingerprint density at radius 2 is 1.43 bits per heavy atom. The molecule has 0 heterocycles. The lowest BCUT2D eigenvalue weighted by Crippen LogP contribution is -1.95. The molecular weight excluding hydrogens is 264 g/mol. The maximum absolute atomic E-state index is 5.93. The topological polar surface area (TPSA) is 27.7 Å². The Labute approximate surface area is 126 Å². The van der Waals surface area contributed by atoms with Gasteiger partial charge in [-0.15, -0.1) is 0 Å². The predicted octanol–water partition coefficient (Wildman–Crippen LogP) is 4.69. The number of benzene rings is 2. The quantitative estimate of drug-likeness (QED) is 0.770. The molecule has 0 unspecified atom stereocenters. The third kappa shape index (κ3) is 4.42. The van der Waals surface area contributed by atoms with Crippen molar-refractivity contribution in [2.24, 2.45) is 5.92 Å². The minimum Gasteiger partial charge on any atom is -0.496 e.